The number of nitrogens with zero attached hydrogens (tertiary/aromatic N) is 1. The fraction of sp³-hybridized carbons (Fsp3) is 0.278. The molecule has 2 aromatic rings. The second kappa shape index (κ2) is 7.25. The number of ether oxygens (including phenoxy) is 2. The molecule has 1 aliphatic rings. The number of sulfonamides is 1. The van der Waals surface area contributed by atoms with Crippen LogP contribution in [0.15, 0.2) is 42.5 Å². The highest BCUT2D eigenvalue weighted by Gasteiger charge is 2.19. The van der Waals surface area contributed by atoms with Crippen molar-refractivity contribution in [3.8, 4) is 11.5 Å². The summed E-state index contributed by atoms with van der Waals surface area (Å²) in [6, 6.07) is 12.2. The van der Waals surface area contributed by atoms with Crippen LogP contribution in [0.25, 0.3) is 0 Å². The molecule has 26 heavy (non-hydrogen) atoms. The highest BCUT2D eigenvalue weighted by Crippen LogP contribution is 2.34. The van der Waals surface area contributed by atoms with E-state index in [1.807, 2.05) is 19.1 Å². The van der Waals surface area contributed by atoms with Crippen molar-refractivity contribution in [1.82, 2.24) is 0 Å². The second-order valence-corrected chi connectivity index (χ2v) is 7.94. The topological polar surface area (TPSA) is 84.9 Å². The predicted molar refractivity (Wildman–Crippen MR) is 99.2 cm³/mol. The maximum atomic E-state index is 12.2. The van der Waals surface area contributed by atoms with Gasteiger partial charge in [-0.2, -0.15) is 0 Å². The molecule has 0 bridgehead atoms. The molecule has 1 amide bonds. The standard InChI is InChI=1S/C18H20N2O5S/c1-13-3-6-15(7-4-13)20(26(2,22)23)10-9-18(21)19-14-5-8-16-17(11-14)25-12-24-16/h3-8,11H,9-10,12H2,1-2H3,(H,19,21). The Kier molecular flexibility index (Phi) is 5.03. The number of carbonyl (C=O) groups excluding carboxylic acids is 1. The Hall–Kier alpha value is -2.74. The Morgan fingerprint density at radius 3 is 2.50 bits per heavy atom. The number of fused-ring (bicyclic) bond motifs is 1. The van der Waals surface area contributed by atoms with Gasteiger partial charge in [0.2, 0.25) is 22.7 Å². The molecule has 0 fully saturated rings. The first-order valence-corrected chi connectivity index (χ1v) is 9.91. The van der Waals surface area contributed by atoms with Crippen LogP contribution in [0, 0.1) is 6.92 Å². The molecule has 0 unspecified atom stereocenters. The predicted octanol–water partition coefficient (Wildman–Crippen LogP) is 2.52. The summed E-state index contributed by atoms with van der Waals surface area (Å²) in [5.41, 5.74) is 2.14. The van der Waals surface area contributed by atoms with E-state index in [1.165, 1.54) is 4.31 Å². The van der Waals surface area contributed by atoms with Crippen molar-refractivity contribution in [2.45, 2.75) is 13.3 Å². The SMILES string of the molecule is Cc1ccc(N(CCC(=O)Nc2ccc3c(c2)OCO3)S(C)(=O)=O)cc1. The summed E-state index contributed by atoms with van der Waals surface area (Å²) in [7, 11) is -3.49. The van der Waals surface area contributed by atoms with Gasteiger partial charge in [-0.25, -0.2) is 8.42 Å². The summed E-state index contributed by atoms with van der Waals surface area (Å²) in [5.74, 6) is 0.912. The van der Waals surface area contributed by atoms with Crippen LogP contribution >= 0.6 is 0 Å². The fourth-order valence-corrected chi connectivity index (χ4v) is 3.53. The highest BCUT2D eigenvalue weighted by atomic mass is 32.2. The zero-order valence-corrected chi connectivity index (χ0v) is 15.4. The van der Waals surface area contributed by atoms with E-state index in [2.05, 4.69) is 5.32 Å². The number of nitrogens with one attached hydrogen (secondary N) is 1. The van der Waals surface area contributed by atoms with Crippen LogP contribution in [0.4, 0.5) is 11.4 Å². The Morgan fingerprint density at radius 2 is 1.81 bits per heavy atom. The van der Waals surface area contributed by atoms with Crippen molar-refractivity contribution < 1.29 is 22.7 Å². The lowest BCUT2D eigenvalue weighted by Crippen LogP contribution is -2.33. The normalized spacial score (nSPS) is 12.7. The summed E-state index contributed by atoms with van der Waals surface area (Å²) >= 11 is 0. The van der Waals surface area contributed by atoms with E-state index in [0.29, 0.717) is 22.9 Å². The van der Waals surface area contributed by atoms with Crippen molar-refractivity contribution in [3.05, 3.63) is 48.0 Å². The van der Waals surface area contributed by atoms with Crippen molar-refractivity contribution in [2.24, 2.45) is 0 Å². The Balaban J connectivity index is 1.65. The molecule has 1 aliphatic heterocycles. The molecule has 0 atom stereocenters. The zero-order valence-electron chi connectivity index (χ0n) is 14.6. The van der Waals surface area contributed by atoms with Gasteiger partial charge in [0, 0.05) is 24.7 Å². The Bertz CT molecular complexity index is 910. The smallest absolute Gasteiger partial charge is 0.232 e. The average molecular weight is 376 g/mol. The summed E-state index contributed by atoms with van der Waals surface area (Å²) < 4.78 is 35.9. The molecule has 1 heterocycles. The summed E-state index contributed by atoms with van der Waals surface area (Å²) in [5, 5.41) is 2.74. The minimum absolute atomic E-state index is 0.0232. The quantitative estimate of drug-likeness (QED) is 0.837. The second-order valence-electron chi connectivity index (χ2n) is 6.04. The molecule has 0 saturated carbocycles. The van der Waals surface area contributed by atoms with E-state index in [-0.39, 0.29) is 25.7 Å². The van der Waals surface area contributed by atoms with E-state index < -0.39 is 10.0 Å². The number of hydrogen-bond acceptors (Lipinski definition) is 5. The first kappa shape index (κ1) is 18.1. The van der Waals surface area contributed by atoms with Crippen molar-refractivity contribution >= 4 is 27.3 Å². The number of hydrogen-bond donors (Lipinski definition) is 1. The van der Waals surface area contributed by atoms with Crippen molar-refractivity contribution in [1.29, 1.82) is 0 Å². The molecule has 0 spiro atoms. The van der Waals surface area contributed by atoms with E-state index >= 15 is 0 Å². The van der Waals surface area contributed by atoms with Gasteiger partial charge in [0.25, 0.3) is 0 Å². The summed E-state index contributed by atoms with van der Waals surface area (Å²) in [4.78, 5) is 12.2. The number of aryl methyl sites for hydroxylation is 1. The molecule has 0 radical (unpaired) electrons. The number of benzene rings is 2. The van der Waals surface area contributed by atoms with Gasteiger partial charge in [0.05, 0.1) is 11.9 Å². The molecule has 0 saturated heterocycles. The van der Waals surface area contributed by atoms with E-state index in [0.717, 1.165) is 11.8 Å². The molecule has 1 N–H and O–H groups in total. The molecule has 8 heteroatoms. The largest absolute Gasteiger partial charge is 0.454 e. The van der Waals surface area contributed by atoms with Crippen LogP contribution in [-0.4, -0.2) is 33.9 Å². The van der Waals surface area contributed by atoms with E-state index in [4.69, 9.17) is 9.47 Å². The first-order chi connectivity index (χ1) is 12.3. The van der Waals surface area contributed by atoms with Gasteiger partial charge in [-0.1, -0.05) is 17.7 Å². The third-order valence-corrected chi connectivity index (χ3v) is 5.11. The number of anilines is 2. The van der Waals surface area contributed by atoms with Gasteiger partial charge in [-0.3, -0.25) is 9.10 Å². The van der Waals surface area contributed by atoms with Crippen LogP contribution < -0.4 is 19.1 Å². The van der Waals surface area contributed by atoms with E-state index in [1.54, 1.807) is 30.3 Å². The number of rotatable bonds is 6. The molecule has 0 aliphatic carbocycles. The molecular weight excluding hydrogens is 356 g/mol. The lowest BCUT2D eigenvalue weighted by atomic mass is 10.2. The van der Waals surface area contributed by atoms with Gasteiger partial charge in [0.15, 0.2) is 11.5 Å². The molecular formula is C18H20N2O5S. The molecule has 0 aromatic heterocycles. The third-order valence-electron chi connectivity index (χ3n) is 3.92. The first-order valence-electron chi connectivity index (χ1n) is 8.07. The van der Waals surface area contributed by atoms with Gasteiger partial charge in [-0.15, -0.1) is 0 Å². The van der Waals surface area contributed by atoms with Crippen molar-refractivity contribution in [3.63, 3.8) is 0 Å². The van der Waals surface area contributed by atoms with Crippen LogP contribution in [0.1, 0.15) is 12.0 Å². The fourth-order valence-electron chi connectivity index (χ4n) is 2.60. The lowest BCUT2D eigenvalue weighted by molar-refractivity contribution is -0.116. The van der Waals surface area contributed by atoms with Gasteiger partial charge >= 0.3 is 0 Å². The maximum absolute atomic E-state index is 12.2. The summed E-state index contributed by atoms with van der Waals surface area (Å²) in [6.45, 7) is 2.14. The monoisotopic (exact) mass is 376 g/mol. The molecule has 138 valence electrons. The summed E-state index contributed by atoms with van der Waals surface area (Å²) in [6.07, 6.45) is 1.15. The van der Waals surface area contributed by atoms with Gasteiger partial charge in [0.1, 0.15) is 0 Å². The van der Waals surface area contributed by atoms with Crippen LogP contribution in [0.5, 0.6) is 11.5 Å². The van der Waals surface area contributed by atoms with Crippen molar-refractivity contribution in [2.75, 3.05) is 29.2 Å². The van der Waals surface area contributed by atoms with Crippen LogP contribution in [-0.2, 0) is 14.8 Å². The van der Waals surface area contributed by atoms with Gasteiger partial charge in [-0.05, 0) is 31.2 Å². The highest BCUT2D eigenvalue weighted by molar-refractivity contribution is 7.92. The number of carbonyl (C=O) groups is 1. The Labute approximate surface area is 152 Å². The molecule has 2 aromatic carbocycles. The van der Waals surface area contributed by atoms with E-state index in [9.17, 15) is 13.2 Å². The maximum Gasteiger partial charge on any atom is 0.232 e. The third kappa shape index (κ3) is 4.26. The molecule has 7 nitrogen and oxygen atoms in total. The minimum Gasteiger partial charge on any atom is -0.454 e. The average Bonchev–Trinajstić information content (AvgIpc) is 3.03. The minimum atomic E-state index is -3.49. The van der Waals surface area contributed by atoms with Gasteiger partial charge < -0.3 is 14.8 Å². The van der Waals surface area contributed by atoms with Crippen LogP contribution in [0.3, 0.4) is 0 Å². The van der Waals surface area contributed by atoms with Crippen LogP contribution in [0.2, 0.25) is 0 Å². The zero-order chi connectivity index (χ0) is 18.7. The number of amides is 1. The Morgan fingerprint density at radius 1 is 1.12 bits per heavy atom. The molecule has 3 rings (SSSR count). The lowest BCUT2D eigenvalue weighted by Gasteiger charge is -2.22.